The minimum atomic E-state index is -0.766. The highest BCUT2D eigenvalue weighted by molar-refractivity contribution is 6.38. The molecule has 1 nitrogen and oxygen atoms in total. The average molecular weight is 207 g/mol. The molecule has 3 aliphatic carbocycles. The van der Waals surface area contributed by atoms with E-state index in [1.807, 2.05) is 24.3 Å². The molecular weight excluding hydrogens is 196 g/mol. The third-order valence-corrected chi connectivity index (χ3v) is 4.16. The van der Waals surface area contributed by atoms with Crippen molar-refractivity contribution in [3.8, 4) is 0 Å². The predicted molar refractivity (Wildman–Crippen MR) is 56.1 cm³/mol. The van der Waals surface area contributed by atoms with Gasteiger partial charge in [-0.05, 0) is 12.3 Å². The first kappa shape index (κ1) is 8.49. The molecule has 72 valence electrons. The van der Waals surface area contributed by atoms with Crippen LogP contribution in [-0.2, 0) is 4.79 Å². The first-order chi connectivity index (χ1) is 6.72. The first-order valence-electron chi connectivity index (χ1n) is 4.99. The van der Waals surface area contributed by atoms with Gasteiger partial charge in [-0.1, -0.05) is 36.5 Å². The molecule has 2 heteroatoms. The number of carbonyl (C=O) groups is 1. The number of hydrogen-bond acceptors (Lipinski definition) is 1. The topological polar surface area (TPSA) is 17.1 Å². The molecule has 0 heterocycles. The SMILES string of the molecule is O=C1C2C=CC=CC1(Cl)C1C=CC2C1. The lowest BCUT2D eigenvalue weighted by Gasteiger charge is -2.36. The van der Waals surface area contributed by atoms with Crippen molar-refractivity contribution in [3.05, 3.63) is 36.5 Å². The van der Waals surface area contributed by atoms with Crippen LogP contribution < -0.4 is 0 Å². The van der Waals surface area contributed by atoms with Crippen LogP contribution in [0.3, 0.4) is 0 Å². The van der Waals surface area contributed by atoms with Crippen LogP contribution in [-0.4, -0.2) is 10.7 Å². The van der Waals surface area contributed by atoms with Gasteiger partial charge >= 0.3 is 0 Å². The van der Waals surface area contributed by atoms with E-state index in [1.54, 1.807) is 0 Å². The Morgan fingerprint density at radius 3 is 3.00 bits per heavy atom. The summed E-state index contributed by atoms with van der Waals surface area (Å²) in [7, 11) is 0. The van der Waals surface area contributed by atoms with Crippen LogP contribution >= 0.6 is 11.6 Å². The molecule has 1 fully saturated rings. The molecule has 0 aromatic rings. The second kappa shape index (κ2) is 2.60. The summed E-state index contributed by atoms with van der Waals surface area (Å²) < 4.78 is 0. The molecule has 0 N–H and O–H groups in total. The standard InChI is InChI=1S/C12H11ClO/c13-12-6-2-1-3-10(11(12)14)8-4-5-9(12)7-8/h1-6,8-10H,7H2. The number of hydrogen-bond donors (Lipinski definition) is 0. The number of halogens is 1. The minimum absolute atomic E-state index is 0.00231. The number of fused-ring (bicyclic) bond motifs is 6. The number of ketones is 1. The van der Waals surface area contributed by atoms with Crippen molar-refractivity contribution in [1.82, 2.24) is 0 Å². The molecule has 4 atom stereocenters. The van der Waals surface area contributed by atoms with Gasteiger partial charge in [-0.15, -0.1) is 11.6 Å². The Morgan fingerprint density at radius 1 is 1.29 bits per heavy atom. The van der Waals surface area contributed by atoms with Crippen molar-refractivity contribution in [2.45, 2.75) is 11.3 Å². The molecule has 1 saturated carbocycles. The second-order valence-electron chi connectivity index (χ2n) is 4.29. The molecule has 3 aliphatic rings. The van der Waals surface area contributed by atoms with Crippen LogP contribution in [0.4, 0.5) is 0 Å². The Labute approximate surface area is 88.1 Å². The molecule has 4 bridgehead atoms. The summed E-state index contributed by atoms with van der Waals surface area (Å²) in [5, 5.41) is 0. The highest BCUT2D eigenvalue weighted by atomic mass is 35.5. The monoisotopic (exact) mass is 206 g/mol. The van der Waals surface area contributed by atoms with Gasteiger partial charge in [0.05, 0.1) is 0 Å². The van der Waals surface area contributed by atoms with E-state index in [9.17, 15) is 4.79 Å². The zero-order valence-electron chi connectivity index (χ0n) is 7.69. The summed E-state index contributed by atoms with van der Waals surface area (Å²) >= 11 is 6.43. The number of allylic oxidation sites excluding steroid dienone is 6. The van der Waals surface area contributed by atoms with Crippen molar-refractivity contribution in [2.24, 2.45) is 17.8 Å². The van der Waals surface area contributed by atoms with Gasteiger partial charge in [-0.25, -0.2) is 0 Å². The lowest BCUT2D eigenvalue weighted by atomic mass is 9.71. The van der Waals surface area contributed by atoms with Crippen molar-refractivity contribution in [3.63, 3.8) is 0 Å². The van der Waals surface area contributed by atoms with Crippen molar-refractivity contribution in [1.29, 1.82) is 0 Å². The van der Waals surface area contributed by atoms with Crippen LogP contribution in [0.25, 0.3) is 0 Å². The lowest BCUT2D eigenvalue weighted by molar-refractivity contribution is -0.126. The maximum absolute atomic E-state index is 12.1. The predicted octanol–water partition coefficient (Wildman–Crippen LogP) is 2.48. The molecular formula is C12H11ClO. The van der Waals surface area contributed by atoms with Crippen LogP contribution in [0, 0.1) is 17.8 Å². The van der Waals surface area contributed by atoms with Gasteiger partial charge in [0.25, 0.3) is 0 Å². The number of alkyl halides is 1. The van der Waals surface area contributed by atoms with E-state index in [-0.39, 0.29) is 17.6 Å². The Hall–Kier alpha value is -0.820. The average Bonchev–Trinajstić information content (AvgIpc) is 2.59. The minimum Gasteiger partial charge on any atom is -0.297 e. The van der Waals surface area contributed by atoms with Gasteiger partial charge in [-0.2, -0.15) is 0 Å². The molecule has 4 unspecified atom stereocenters. The van der Waals surface area contributed by atoms with Gasteiger partial charge in [-0.3, -0.25) is 4.79 Å². The fourth-order valence-electron chi connectivity index (χ4n) is 2.75. The molecule has 0 aromatic carbocycles. The maximum atomic E-state index is 12.1. The highest BCUT2D eigenvalue weighted by Crippen LogP contribution is 2.49. The quantitative estimate of drug-likeness (QED) is 0.440. The Bertz CT molecular complexity index is 380. The summed E-state index contributed by atoms with van der Waals surface area (Å²) in [6.07, 6.45) is 13.0. The Kier molecular flexibility index (Phi) is 1.58. The van der Waals surface area contributed by atoms with E-state index in [4.69, 9.17) is 11.6 Å². The third kappa shape index (κ3) is 0.885. The summed E-state index contributed by atoms with van der Waals surface area (Å²) in [6, 6.07) is 0. The van der Waals surface area contributed by atoms with Crippen LogP contribution in [0.5, 0.6) is 0 Å². The first-order valence-corrected chi connectivity index (χ1v) is 5.37. The highest BCUT2D eigenvalue weighted by Gasteiger charge is 2.52. The Balaban J connectivity index is 2.18. The van der Waals surface area contributed by atoms with E-state index in [0.717, 1.165) is 6.42 Å². The fraction of sp³-hybridized carbons (Fsp3) is 0.417. The van der Waals surface area contributed by atoms with Crippen molar-refractivity contribution in [2.75, 3.05) is 0 Å². The van der Waals surface area contributed by atoms with E-state index in [0.29, 0.717) is 5.92 Å². The molecule has 0 saturated heterocycles. The molecule has 3 rings (SSSR count). The molecule has 0 aromatic heterocycles. The van der Waals surface area contributed by atoms with E-state index in [1.165, 1.54) is 0 Å². The largest absolute Gasteiger partial charge is 0.297 e. The lowest BCUT2D eigenvalue weighted by Crippen LogP contribution is -2.46. The van der Waals surface area contributed by atoms with Gasteiger partial charge in [0.1, 0.15) is 4.87 Å². The zero-order valence-corrected chi connectivity index (χ0v) is 8.45. The number of Topliss-reactive ketones (excluding diaryl/α,β-unsaturated/α-hetero) is 1. The summed E-state index contributed by atoms with van der Waals surface area (Å²) in [4.78, 5) is 11.4. The van der Waals surface area contributed by atoms with Gasteiger partial charge in [0.15, 0.2) is 5.78 Å². The molecule has 0 radical (unpaired) electrons. The maximum Gasteiger partial charge on any atom is 0.165 e. The third-order valence-electron chi connectivity index (χ3n) is 3.57. The van der Waals surface area contributed by atoms with Gasteiger partial charge < -0.3 is 0 Å². The molecule has 0 amide bonds. The summed E-state index contributed by atoms with van der Waals surface area (Å²) in [5.74, 6) is 0.762. The number of carbonyl (C=O) groups excluding carboxylic acids is 1. The van der Waals surface area contributed by atoms with E-state index in [2.05, 4.69) is 12.2 Å². The van der Waals surface area contributed by atoms with E-state index >= 15 is 0 Å². The smallest absolute Gasteiger partial charge is 0.165 e. The molecule has 0 spiro atoms. The second-order valence-corrected chi connectivity index (χ2v) is 4.92. The summed E-state index contributed by atoms with van der Waals surface area (Å²) in [6.45, 7) is 0. The molecule has 14 heavy (non-hydrogen) atoms. The van der Waals surface area contributed by atoms with Gasteiger partial charge in [0, 0.05) is 11.8 Å². The van der Waals surface area contributed by atoms with Crippen LogP contribution in [0.1, 0.15) is 6.42 Å². The molecule has 0 aliphatic heterocycles. The van der Waals surface area contributed by atoms with Crippen molar-refractivity contribution >= 4 is 17.4 Å². The summed E-state index contributed by atoms with van der Waals surface area (Å²) in [5.41, 5.74) is 0. The fourth-order valence-corrected chi connectivity index (χ4v) is 3.11. The van der Waals surface area contributed by atoms with E-state index < -0.39 is 4.87 Å². The van der Waals surface area contributed by atoms with Crippen molar-refractivity contribution < 1.29 is 4.79 Å². The zero-order chi connectivity index (χ0) is 9.76. The number of rotatable bonds is 0. The normalized spacial score (nSPS) is 48.4. The van der Waals surface area contributed by atoms with Gasteiger partial charge in [0.2, 0.25) is 0 Å². The van der Waals surface area contributed by atoms with Crippen LogP contribution in [0.2, 0.25) is 0 Å². The Morgan fingerprint density at radius 2 is 2.14 bits per heavy atom. The van der Waals surface area contributed by atoms with Crippen LogP contribution in [0.15, 0.2) is 36.5 Å².